The zero-order valence-electron chi connectivity index (χ0n) is 11.3. The minimum Gasteiger partial charge on any atom is -0.380 e. The summed E-state index contributed by atoms with van der Waals surface area (Å²) in [5, 5.41) is 3.66. The number of hydrogen-bond donors (Lipinski definition) is 1. The van der Waals surface area contributed by atoms with Crippen molar-refractivity contribution in [1.82, 2.24) is 5.32 Å². The van der Waals surface area contributed by atoms with Crippen LogP contribution in [-0.4, -0.2) is 25.8 Å². The van der Waals surface area contributed by atoms with Crippen molar-refractivity contribution in [1.29, 1.82) is 0 Å². The lowest BCUT2D eigenvalue weighted by Gasteiger charge is -2.16. The predicted molar refractivity (Wildman–Crippen MR) is 72.3 cm³/mol. The molecule has 0 atom stereocenters. The fourth-order valence-electron chi connectivity index (χ4n) is 3.25. The van der Waals surface area contributed by atoms with Crippen LogP contribution in [0.4, 0.5) is 0 Å². The molecule has 0 bridgehead atoms. The molecule has 0 aromatic heterocycles. The maximum absolute atomic E-state index is 5.78. The van der Waals surface area contributed by atoms with Crippen LogP contribution in [-0.2, 0) is 4.74 Å². The second-order valence-corrected chi connectivity index (χ2v) is 5.87. The zero-order chi connectivity index (χ0) is 11.8. The smallest absolute Gasteiger partial charge is 0.0591 e. The molecule has 100 valence electrons. The van der Waals surface area contributed by atoms with Gasteiger partial charge in [0.2, 0.25) is 0 Å². The van der Waals surface area contributed by atoms with E-state index in [-0.39, 0.29) is 0 Å². The number of ether oxygens (including phenoxy) is 1. The average molecular weight is 239 g/mol. The van der Waals surface area contributed by atoms with Crippen molar-refractivity contribution in [2.45, 2.75) is 70.3 Å². The largest absolute Gasteiger partial charge is 0.380 e. The first-order valence-electron chi connectivity index (χ1n) is 7.76. The third-order valence-electron chi connectivity index (χ3n) is 4.36. The van der Waals surface area contributed by atoms with Gasteiger partial charge in [-0.15, -0.1) is 0 Å². The summed E-state index contributed by atoms with van der Waals surface area (Å²) in [7, 11) is 0. The van der Waals surface area contributed by atoms with E-state index in [0.29, 0.717) is 0 Å². The van der Waals surface area contributed by atoms with Gasteiger partial charge in [-0.25, -0.2) is 0 Å². The van der Waals surface area contributed by atoms with E-state index in [4.69, 9.17) is 4.74 Å². The SMILES string of the molecule is C1CCCC(NCCOCC2CCCC2)CC1. The maximum Gasteiger partial charge on any atom is 0.0591 e. The normalized spacial score (nSPS) is 24.0. The van der Waals surface area contributed by atoms with Crippen molar-refractivity contribution in [2.24, 2.45) is 5.92 Å². The lowest BCUT2D eigenvalue weighted by molar-refractivity contribution is 0.101. The van der Waals surface area contributed by atoms with Crippen LogP contribution in [0.15, 0.2) is 0 Å². The van der Waals surface area contributed by atoms with Gasteiger partial charge in [0.1, 0.15) is 0 Å². The Morgan fingerprint density at radius 2 is 1.47 bits per heavy atom. The zero-order valence-corrected chi connectivity index (χ0v) is 11.3. The Labute approximate surface area is 107 Å². The summed E-state index contributed by atoms with van der Waals surface area (Å²) < 4.78 is 5.78. The highest BCUT2D eigenvalue weighted by molar-refractivity contribution is 4.70. The molecule has 0 aliphatic heterocycles. The Bertz CT molecular complexity index is 181. The quantitative estimate of drug-likeness (QED) is 0.566. The third kappa shape index (κ3) is 5.39. The highest BCUT2D eigenvalue weighted by atomic mass is 16.5. The molecule has 17 heavy (non-hydrogen) atoms. The minimum atomic E-state index is 0.771. The van der Waals surface area contributed by atoms with Gasteiger partial charge in [-0.2, -0.15) is 0 Å². The lowest BCUT2D eigenvalue weighted by atomic mass is 10.1. The molecule has 0 saturated heterocycles. The number of rotatable bonds is 6. The summed E-state index contributed by atoms with van der Waals surface area (Å²) in [6.45, 7) is 2.97. The Hall–Kier alpha value is -0.0800. The first-order valence-corrected chi connectivity index (χ1v) is 7.76. The molecule has 0 spiro atoms. The van der Waals surface area contributed by atoms with Gasteiger partial charge >= 0.3 is 0 Å². The van der Waals surface area contributed by atoms with E-state index < -0.39 is 0 Å². The molecule has 0 radical (unpaired) electrons. The molecular formula is C15H29NO. The van der Waals surface area contributed by atoms with E-state index in [1.165, 1.54) is 64.2 Å². The highest BCUT2D eigenvalue weighted by Gasteiger charge is 2.15. The third-order valence-corrected chi connectivity index (χ3v) is 4.36. The van der Waals surface area contributed by atoms with Gasteiger partial charge in [-0.05, 0) is 31.6 Å². The van der Waals surface area contributed by atoms with Crippen LogP contribution in [0.25, 0.3) is 0 Å². The summed E-state index contributed by atoms with van der Waals surface area (Å²) in [4.78, 5) is 0. The minimum absolute atomic E-state index is 0.771. The molecule has 2 aliphatic rings. The molecule has 1 N–H and O–H groups in total. The molecule has 2 fully saturated rings. The topological polar surface area (TPSA) is 21.3 Å². The van der Waals surface area contributed by atoms with Gasteiger partial charge in [0.25, 0.3) is 0 Å². The molecule has 2 nitrogen and oxygen atoms in total. The van der Waals surface area contributed by atoms with Crippen molar-refractivity contribution in [3.8, 4) is 0 Å². The van der Waals surface area contributed by atoms with Crippen LogP contribution in [0, 0.1) is 5.92 Å². The van der Waals surface area contributed by atoms with E-state index in [0.717, 1.165) is 31.7 Å². The van der Waals surface area contributed by atoms with Gasteiger partial charge in [0.15, 0.2) is 0 Å². The maximum atomic E-state index is 5.78. The molecule has 0 amide bonds. The first kappa shape index (κ1) is 13.4. The summed E-state index contributed by atoms with van der Waals surface area (Å²) >= 11 is 0. The number of nitrogens with one attached hydrogen (secondary N) is 1. The Balaban J connectivity index is 1.44. The van der Waals surface area contributed by atoms with E-state index in [1.54, 1.807) is 0 Å². The Kier molecular flexibility index (Phi) is 6.36. The second-order valence-electron chi connectivity index (χ2n) is 5.87. The summed E-state index contributed by atoms with van der Waals surface area (Å²) in [6.07, 6.45) is 14.1. The van der Waals surface area contributed by atoms with Gasteiger partial charge in [0, 0.05) is 19.2 Å². The fourth-order valence-corrected chi connectivity index (χ4v) is 3.25. The molecular weight excluding hydrogens is 210 g/mol. The molecule has 2 saturated carbocycles. The highest BCUT2D eigenvalue weighted by Crippen LogP contribution is 2.24. The van der Waals surface area contributed by atoms with Crippen LogP contribution < -0.4 is 5.32 Å². The number of hydrogen-bond acceptors (Lipinski definition) is 2. The van der Waals surface area contributed by atoms with Crippen molar-refractivity contribution >= 4 is 0 Å². The Morgan fingerprint density at radius 1 is 0.824 bits per heavy atom. The van der Waals surface area contributed by atoms with Crippen LogP contribution in [0.5, 0.6) is 0 Å². The molecule has 0 heterocycles. The van der Waals surface area contributed by atoms with Crippen LogP contribution in [0.1, 0.15) is 64.2 Å². The van der Waals surface area contributed by atoms with Gasteiger partial charge in [-0.1, -0.05) is 38.5 Å². The molecule has 0 aromatic carbocycles. The average Bonchev–Trinajstić information content (AvgIpc) is 2.72. The predicted octanol–water partition coefficient (Wildman–Crippen LogP) is 3.51. The summed E-state index contributed by atoms with van der Waals surface area (Å²) in [6, 6.07) is 0.771. The standard InChI is InChI=1S/C15H29NO/c1-2-4-10-15(9-3-1)16-11-12-17-13-14-7-5-6-8-14/h14-16H,1-13H2. The lowest BCUT2D eigenvalue weighted by Crippen LogP contribution is -2.31. The monoisotopic (exact) mass is 239 g/mol. The molecule has 2 aliphatic carbocycles. The molecule has 0 unspecified atom stereocenters. The van der Waals surface area contributed by atoms with E-state index in [2.05, 4.69) is 5.32 Å². The van der Waals surface area contributed by atoms with Crippen molar-refractivity contribution in [3.05, 3.63) is 0 Å². The molecule has 2 heteroatoms. The van der Waals surface area contributed by atoms with Gasteiger partial charge < -0.3 is 10.1 Å². The van der Waals surface area contributed by atoms with Crippen molar-refractivity contribution < 1.29 is 4.74 Å². The van der Waals surface area contributed by atoms with Gasteiger partial charge in [-0.3, -0.25) is 0 Å². The second kappa shape index (κ2) is 8.10. The van der Waals surface area contributed by atoms with Crippen LogP contribution in [0.3, 0.4) is 0 Å². The van der Waals surface area contributed by atoms with Crippen LogP contribution >= 0.6 is 0 Å². The molecule has 0 aromatic rings. The van der Waals surface area contributed by atoms with E-state index >= 15 is 0 Å². The van der Waals surface area contributed by atoms with E-state index in [9.17, 15) is 0 Å². The summed E-state index contributed by atoms with van der Waals surface area (Å²) in [5.41, 5.74) is 0. The Morgan fingerprint density at radius 3 is 2.18 bits per heavy atom. The van der Waals surface area contributed by atoms with Crippen LogP contribution in [0.2, 0.25) is 0 Å². The first-order chi connectivity index (χ1) is 8.45. The molecule has 2 rings (SSSR count). The summed E-state index contributed by atoms with van der Waals surface area (Å²) in [5.74, 6) is 0.868. The fraction of sp³-hybridized carbons (Fsp3) is 1.00. The van der Waals surface area contributed by atoms with Crippen molar-refractivity contribution in [2.75, 3.05) is 19.8 Å². The van der Waals surface area contributed by atoms with Gasteiger partial charge in [0.05, 0.1) is 6.61 Å². The van der Waals surface area contributed by atoms with Crippen molar-refractivity contribution in [3.63, 3.8) is 0 Å². The van der Waals surface area contributed by atoms with E-state index in [1.807, 2.05) is 0 Å².